The van der Waals surface area contributed by atoms with Crippen LogP contribution in [0.15, 0.2) is 53.1 Å². The van der Waals surface area contributed by atoms with Crippen LogP contribution in [-0.2, 0) is 7.05 Å². The van der Waals surface area contributed by atoms with E-state index in [1.54, 1.807) is 16.9 Å². The van der Waals surface area contributed by atoms with Gasteiger partial charge in [0.15, 0.2) is 0 Å². The summed E-state index contributed by atoms with van der Waals surface area (Å²) in [6, 6.07) is 12.6. The van der Waals surface area contributed by atoms with Crippen LogP contribution < -0.4 is 11.1 Å². The van der Waals surface area contributed by atoms with E-state index in [4.69, 9.17) is 12.2 Å². The summed E-state index contributed by atoms with van der Waals surface area (Å²) in [5.41, 5.74) is 7.60. The Morgan fingerprint density at radius 1 is 1.30 bits per heavy atom. The van der Waals surface area contributed by atoms with Gasteiger partial charge in [0.25, 0.3) is 0 Å². The van der Waals surface area contributed by atoms with Crippen molar-refractivity contribution in [2.45, 2.75) is 0 Å². The lowest BCUT2D eigenvalue weighted by Gasteiger charge is -2.02. The number of anilines is 1. The molecule has 0 saturated carbocycles. The molecule has 0 aliphatic rings. The highest BCUT2D eigenvalue weighted by Crippen LogP contribution is 2.21. The second-order valence-electron chi connectivity index (χ2n) is 4.65. The standard InChI is InChI=1S/C9H10N4O.C8H5Br/c1-13-8-4-2-3-7(12-9(10)14)6(8)5-11-13;1-2-7-3-5-8(9)6-4-7/h2-5H,1H3,(H3,10,12,14);1,3-6H. The lowest BCUT2D eigenvalue weighted by molar-refractivity contribution is 0.259. The van der Waals surface area contributed by atoms with Gasteiger partial charge in [-0.25, -0.2) is 4.79 Å². The van der Waals surface area contributed by atoms with Gasteiger partial charge in [-0.1, -0.05) is 27.9 Å². The Labute approximate surface area is 142 Å². The molecule has 1 aromatic heterocycles. The van der Waals surface area contributed by atoms with E-state index in [2.05, 4.69) is 32.3 Å². The molecule has 0 radical (unpaired) electrons. The van der Waals surface area contributed by atoms with Crippen molar-refractivity contribution in [3.05, 3.63) is 58.7 Å². The van der Waals surface area contributed by atoms with Gasteiger partial charge in [0.2, 0.25) is 0 Å². The Morgan fingerprint density at radius 3 is 2.61 bits per heavy atom. The molecule has 3 aromatic rings. The number of rotatable bonds is 1. The lowest BCUT2D eigenvalue weighted by atomic mass is 10.2. The fourth-order valence-corrected chi connectivity index (χ4v) is 2.23. The summed E-state index contributed by atoms with van der Waals surface area (Å²) in [4.78, 5) is 10.7. The van der Waals surface area contributed by atoms with Gasteiger partial charge >= 0.3 is 6.03 Å². The number of nitrogens with zero attached hydrogens (tertiary/aromatic N) is 2. The van der Waals surface area contributed by atoms with Crippen LogP contribution in [0, 0.1) is 12.3 Å². The van der Waals surface area contributed by atoms with E-state index in [0.29, 0.717) is 5.69 Å². The van der Waals surface area contributed by atoms with Gasteiger partial charge in [0, 0.05) is 22.5 Å². The van der Waals surface area contributed by atoms with Gasteiger partial charge < -0.3 is 11.1 Å². The summed E-state index contributed by atoms with van der Waals surface area (Å²) in [5.74, 6) is 2.53. The van der Waals surface area contributed by atoms with Crippen LogP contribution in [0.3, 0.4) is 0 Å². The zero-order chi connectivity index (χ0) is 16.8. The topological polar surface area (TPSA) is 72.9 Å². The average molecular weight is 371 g/mol. The molecule has 0 atom stereocenters. The van der Waals surface area contributed by atoms with Crippen LogP contribution in [0.5, 0.6) is 0 Å². The molecule has 116 valence electrons. The number of carbonyl (C=O) groups is 1. The maximum atomic E-state index is 10.7. The first-order chi connectivity index (χ1) is 11.0. The molecule has 5 nitrogen and oxygen atoms in total. The third-order valence-electron chi connectivity index (χ3n) is 3.06. The molecular weight excluding hydrogens is 356 g/mol. The van der Waals surface area contributed by atoms with Gasteiger partial charge in [-0.05, 0) is 36.4 Å². The zero-order valence-electron chi connectivity index (χ0n) is 12.5. The molecule has 6 heteroatoms. The van der Waals surface area contributed by atoms with Crippen LogP contribution in [-0.4, -0.2) is 15.8 Å². The van der Waals surface area contributed by atoms with Gasteiger partial charge in [-0.3, -0.25) is 4.68 Å². The fourth-order valence-electron chi connectivity index (χ4n) is 1.97. The molecule has 0 bridgehead atoms. The highest BCUT2D eigenvalue weighted by Gasteiger charge is 2.05. The third kappa shape index (κ3) is 4.34. The van der Waals surface area contributed by atoms with Gasteiger partial charge in [-0.2, -0.15) is 5.10 Å². The quantitative estimate of drug-likeness (QED) is 0.643. The SMILES string of the molecule is C#Cc1ccc(Br)cc1.Cn1ncc2c(NC(N)=O)cccc21. The van der Waals surface area contributed by atoms with E-state index >= 15 is 0 Å². The molecule has 3 N–H and O–H groups in total. The van der Waals surface area contributed by atoms with Crippen LogP contribution >= 0.6 is 15.9 Å². The number of urea groups is 1. The summed E-state index contributed by atoms with van der Waals surface area (Å²) in [5, 5.41) is 7.52. The second kappa shape index (κ2) is 7.47. The van der Waals surface area contributed by atoms with Crippen LogP contribution in [0.2, 0.25) is 0 Å². The van der Waals surface area contributed by atoms with Crippen LogP contribution in [0.25, 0.3) is 10.9 Å². The van der Waals surface area contributed by atoms with E-state index in [-0.39, 0.29) is 0 Å². The van der Waals surface area contributed by atoms with Gasteiger partial charge in [-0.15, -0.1) is 6.42 Å². The molecule has 0 spiro atoms. The maximum absolute atomic E-state index is 10.7. The lowest BCUT2D eigenvalue weighted by Crippen LogP contribution is -2.19. The molecule has 0 aliphatic carbocycles. The van der Waals surface area contributed by atoms with Gasteiger partial charge in [0.05, 0.1) is 17.4 Å². The number of nitrogens with one attached hydrogen (secondary N) is 1. The summed E-state index contributed by atoms with van der Waals surface area (Å²) < 4.78 is 2.79. The molecule has 0 unspecified atom stereocenters. The smallest absolute Gasteiger partial charge is 0.316 e. The van der Waals surface area contributed by atoms with Crippen molar-refractivity contribution < 1.29 is 4.79 Å². The number of hydrogen-bond acceptors (Lipinski definition) is 2. The number of aromatic nitrogens is 2. The summed E-state index contributed by atoms with van der Waals surface area (Å²) in [6.07, 6.45) is 6.83. The minimum Gasteiger partial charge on any atom is -0.351 e. The van der Waals surface area contributed by atoms with Crippen molar-refractivity contribution in [2.75, 3.05) is 5.32 Å². The summed E-state index contributed by atoms with van der Waals surface area (Å²) in [7, 11) is 1.84. The number of benzene rings is 2. The minimum atomic E-state index is -0.568. The molecule has 1 heterocycles. The third-order valence-corrected chi connectivity index (χ3v) is 3.59. The maximum Gasteiger partial charge on any atom is 0.316 e. The molecule has 23 heavy (non-hydrogen) atoms. The van der Waals surface area contributed by atoms with Gasteiger partial charge in [0.1, 0.15) is 0 Å². The monoisotopic (exact) mass is 370 g/mol. The molecule has 0 saturated heterocycles. The number of aryl methyl sites for hydroxylation is 1. The normalized spacial score (nSPS) is 9.61. The van der Waals surface area contributed by atoms with Crippen molar-refractivity contribution in [3.8, 4) is 12.3 Å². The number of primary amides is 1. The average Bonchev–Trinajstić information content (AvgIpc) is 2.91. The van der Waals surface area contributed by atoms with E-state index in [1.165, 1.54) is 0 Å². The summed E-state index contributed by atoms with van der Waals surface area (Å²) >= 11 is 3.31. The number of carbonyl (C=O) groups excluding carboxylic acids is 1. The molecule has 3 rings (SSSR count). The fraction of sp³-hybridized carbons (Fsp3) is 0.0588. The van der Waals surface area contributed by atoms with E-state index in [1.807, 2.05) is 43.4 Å². The molecule has 2 amide bonds. The van der Waals surface area contributed by atoms with Crippen molar-refractivity contribution in [3.63, 3.8) is 0 Å². The number of amides is 2. The molecule has 0 fully saturated rings. The highest BCUT2D eigenvalue weighted by molar-refractivity contribution is 9.10. The van der Waals surface area contributed by atoms with Crippen LogP contribution in [0.4, 0.5) is 10.5 Å². The van der Waals surface area contributed by atoms with E-state index < -0.39 is 6.03 Å². The van der Waals surface area contributed by atoms with Crippen molar-refractivity contribution in [1.82, 2.24) is 9.78 Å². The Morgan fingerprint density at radius 2 is 2.00 bits per heavy atom. The molecule has 2 aromatic carbocycles. The highest BCUT2D eigenvalue weighted by atomic mass is 79.9. The molecular formula is C17H15BrN4O. The second-order valence-corrected chi connectivity index (χ2v) is 5.56. The number of terminal acetylenes is 1. The zero-order valence-corrected chi connectivity index (χ0v) is 14.0. The largest absolute Gasteiger partial charge is 0.351 e. The number of halogens is 1. The number of hydrogen-bond donors (Lipinski definition) is 2. The first kappa shape index (κ1) is 16.6. The van der Waals surface area contributed by atoms with Crippen LogP contribution in [0.1, 0.15) is 5.56 Å². The Balaban J connectivity index is 0.000000185. The predicted molar refractivity (Wildman–Crippen MR) is 96.0 cm³/mol. The van der Waals surface area contributed by atoms with Crippen molar-refractivity contribution in [2.24, 2.45) is 12.8 Å². The first-order valence-electron chi connectivity index (χ1n) is 6.70. The summed E-state index contributed by atoms with van der Waals surface area (Å²) in [6.45, 7) is 0. The van der Waals surface area contributed by atoms with E-state index in [0.717, 1.165) is 20.9 Å². The number of fused-ring (bicyclic) bond motifs is 1. The number of nitrogens with two attached hydrogens (primary N) is 1. The van der Waals surface area contributed by atoms with Crippen molar-refractivity contribution in [1.29, 1.82) is 0 Å². The Hall–Kier alpha value is -2.78. The first-order valence-corrected chi connectivity index (χ1v) is 7.50. The van der Waals surface area contributed by atoms with E-state index in [9.17, 15) is 4.79 Å². The Kier molecular flexibility index (Phi) is 5.39. The Bertz CT molecular complexity index is 862. The predicted octanol–water partition coefficient (Wildman–Crippen LogP) is 3.49. The minimum absolute atomic E-state index is 0.568. The molecule has 0 aliphatic heterocycles. The van der Waals surface area contributed by atoms with Crippen molar-refractivity contribution >= 4 is 38.6 Å².